The molecule has 0 bridgehead atoms. The molecule has 3 heteroatoms. The van der Waals surface area contributed by atoms with Crippen molar-refractivity contribution in [3.05, 3.63) is 35.4 Å². The number of hydrogen-bond acceptors (Lipinski definition) is 2. The van der Waals surface area contributed by atoms with E-state index in [-0.39, 0.29) is 5.91 Å². The second kappa shape index (κ2) is 7.01. The molecule has 16 heavy (non-hydrogen) atoms. The maximum absolute atomic E-state index is 11.7. The summed E-state index contributed by atoms with van der Waals surface area (Å²) >= 11 is 0. The minimum absolute atomic E-state index is 0.0127. The van der Waals surface area contributed by atoms with Gasteiger partial charge in [-0.25, -0.2) is 0 Å². The fourth-order valence-electron chi connectivity index (χ4n) is 1.46. The van der Waals surface area contributed by atoms with E-state index in [0.29, 0.717) is 0 Å². The molecular formula is C13H20N2O. The molecule has 0 spiro atoms. The van der Waals surface area contributed by atoms with E-state index in [1.54, 1.807) is 0 Å². The number of hydrogen-bond donors (Lipinski definition) is 2. The molecule has 0 aliphatic rings. The third kappa shape index (κ3) is 4.03. The molecule has 0 aliphatic heterocycles. The fraction of sp³-hybridized carbons (Fsp3) is 0.462. The first-order valence-corrected chi connectivity index (χ1v) is 5.79. The van der Waals surface area contributed by atoms with Gasteiger partial charge in [0, 0.05) is 12.1 Å². The van der Waals surface area contributed by atoms with Gasteiger partial charge < -0.3 is 10.6 Å². The molecule has 0 aromatic heterocycles. The fourth-order valence-corrected chi connectivity index (χ4v) is 1.46. The Bertz CT molecular complexity index is 319. The Morgan fingerprint density at radius 1 is 1.19 bits per heavy atom. The monoisotopic (exact) mass is 220 g/mol. The Hall–Kier alpha value is -1.35. The van der Waals surface area contributed by atoms with Gasteiger partial charge in [-0.15, -0.1) is 0 Å². The molecule has 1 rings (SSSR count). The van der Waals surface area contributed by atoms with Gasteiger partial charge in [0.1, 0.15) is 0 Å². The Morgan fingerprint density at radius 3 is 2.44 bits per heavy atom. The van der Waals surface area contributed by atoms with Crippen molar-refractivity contribution in [1.82, 2.24) is 10.6 Å². The average molecular weight is 220 g/mol. The summed E-state index contributed by atoms with van der Waals surface area (Å²) in [5, 5.41) is 5.94. The van der Waals surface area contributed by atoms with Gasteiger partial charge in [0.15, 0.2) is 0 Å². The Kier molecular flexibility index (Phi) is 5.57. The van der Waals surface area contributed by atoms with Crippen LogP contribution in [0.5, 0.6) is 0 Å². The molecule has 0 fully saturated rings. The Balaban J connectivity index is 2.40. The van der Waals surface area contributed by atoms with Crippen LogP contribution in [0.3, 0.4) is 0 Å². The van der Waals surface area contributed by atoms with Gasteiger partial charge in [0.25, 0.3) is 5.91 Å². The van der Waals surface area contributed by atoms with E-state index in [0.717, 1.165) is 31.5 Å². The van der Waals surface area contributed by atoms with Crippen molar-refractivity contribution in [1.29, 1.82) is 0 Å². The van der Waals surface area contributed by atoms with Crippen LogP contribution in [0.15, 0.2) is 24.3 Å². The largest absolute Gasteiger partial charge is 0.352 e. The van der Waals surface area contributed by atoms with Gasteiger partial charge in [0.05, 0.1) is 0 Å². The lowest BCUT2D eigenvalue weighted by atomic mass is 10.1. The zero-order valence-corrected chi connectivity index (χ0v) is 10.0. The molecule has 0 heterocycles. The molecule has 1 aromatic carbocycles. The van der Waals surface area contributed by atoms with Gasteiger partial charge in [-0.3, -0.25) is 4.79 Å². The van der Waals surface area contributed by atoms with Crippen LogP contribution in [0.25, 0.3) is 0 Å². The molecule has 3 nitrogen and oxygen atoms in total. The van der Waals surface area contributed by atoms with E-state index < -0.39 is 0 Å². The van der Waals surface area contributed by atoms with Crippen LogP contribution in [-0.2, 0) is 6.42 Å². The lowest BCUT2D eigenvalue weighted by Gasteiger charge is -2.05. The number of amides is 1. The second-order valence-corrected chi connectivity index (χ2v) is 3.76. The van der Waals surface area contributed by atoms with Gasteiger partial charge in [-0.2, -0.15) is 0 Å². The molecule has 0 unspecified atom stereocenters. The molecule has 2 N–H and O–H groups in total. The highest BCUT2D eigenvalue weighted by atomic mass is 16.1. The Labute approximate surface area is 97.2 Å². The van der Waals surface area contributed by atoms with E-state index in [4.69, 9.17) is 0 Å². The molecule has 88 valence electrons. The Morgan fingerprint density at radius 2 is 1.88 bits per heavy atom. The van der Waals surface area contributed by atoms with Crippen molar-refractivity contribution in [2.75, 3.05) is 20.1 Å². The quantitative estimate of drug-likeness (QED) is 0.715. The summed E-state index contributed by atoms with van der Waals surface area (Å²) in [7, 11) is 1.91. The third-order valence-electron chi connectivity index (χ3n) is 2.51. The van der Waals surface area contributed by atoms with Crippen LogP contribution in [0.4, 0.5) is 0 Å². The van der Waals surface area contributed by atoms with Crippen molar-refractivity contribution in [3.8, 4) is 0 Å². The smallest absolute Gasteiger partial charge is 0.251 e. The summed E-state index contributed by atoms with van der Waals surface area (Å²) in [6.07, 6.45) is 1.96. The topological polar surface area (TPSA) is 41.1 Å². The van der Waals surface area contributed by atoms with E-state index in [1.807, 2.05) is 31.3 Å². The summed E-state index contributed by atoms with van der Waals surface area (Å²) in [6.45, 7) is 3.75. The zero-order valence-electron chi connectivity index (χ0n) is 10.0. The third-order valence-corrected chi connectivity index (χ3v) is 2.51. The minimum atomic E-state index is 0.0127. The molecule has 0 saturated carbocycles. The van der Waals surface area contributed by atoms with E-state index in [2.05, 4.69) is 17.6 Å². The second-order valence-electron chi connectivity index (χ2n) is 3.76. The molecule has 0 atom stereocenters. The molecule has 0 radical (unpaired) electrons. The van der Waals surface area contributed by atoms with Crippen LogP contribution in [0, 0.1) is 0 Å². The van der Waals surface area contributed by atoms with Crippen LogP contribution < -0.4 is 10.6 Å². The highest BCUT2D eigenvalue weighted by Gasteiger charge is 2.03. The molecule has 0 saturated heterocycles. The SMILES string of the molecule is CCc1ccc(C(=O)NCCCNC)cc1. The van der Waals surface area contributed by atoms with E-state index >= 15 is 0 Å². The van der Waals surface area contributed by atoms with Gasteiger partial charge in [-0.1, -0.05) is 19.1 Å². The van der Waals surface area contributed by atoms with Crippen molar-refractivity contribution < 1.29 is 4.79 Å². The van der Waals surface area contributed by atoms with Gasteiger partial charge in [0.2, 0.25) is 0 Å². The molecule has 1 aromatic rings. The minimum Gasteiger partial charge on any atom is -0.352 e. The number of carbonyl (C=O) groups excluding carboxylic acids is 1. The predicted molar refractivity (Wildman–Crippen MR) is 66.7 cm³/mol. The maximum Gasteiger partial charge on any atom is 0.251 e. The lowest BCUT2D eigenvalue weighted by Crippen LogP contribution is -2.26. The first kappa shape index (κ1) is 12.7. The number of rotatable bonds is 6. The van der Waals surface area contributed by atoms with E-state index in [1.165, 1.54) is 5.56 Å². The van der Waals surface area contributed by atoms with Crippen LogP contribution in [0.1, 0.15) is 29.3 Å². The predicted octanol–water partition coefficient (Wildman–Crippen LogP) is 1.59. The number of nitrogens with one attached hydrogen (secondary N) is 2. The summed E-state index contributed by atoms with van der Waals surface area (Å²) in [4.78, 5) is 11.7. The zero-order chi connectivity index (χ0) is 11.8. The van der Waals surface area contributed by atoms with Gasteiger partial charge in [-0.05, 0) is 44.1 Å². The van der Waals surface area contributed by atoms with Crippen LogP contribution in [0.2, 0.25) is 0 Å². The maximum atomic E-state index is 11.7. The number of benzene rings is 1. The summed E-state index contributed by atoms with van der Waals surface area (Å²) in [5.41, 5.74) is 1.99. The molecular weight excluding hydrogens is 200 g/mol. The van der Waals surface area contributed by atoms with Crippen molar-refractivity contribution in [3.63, 3.8) is 0 Å². The molecule has 1 amide bonds. The normalized spacial score (nSPS) is 10.1. The van der Waals surface area contributed by atoms with Gasteiger partial charge >= 0.3 is 0 Å². The van der Waals surface area contributed by atoms with Crippen LogP contribution in [-0.4, -0.2) is 26.0 Å². The van der Waals surface area contributed by atoms with Crippen molar-refractivity contribution >= 4 is 5.91 Å². The number of aryl methyl sites for hydroxylation is 1. The lowest BCUT2D eigenvalue weighted by molar-refractivity contribution is 0.0953. The average Bonchev–Trinajstić information content (AvgIpc) is 2.34. The van der Waals surface area contributed by atoms with E-state index in [9.17, 15) is 4.79 Å². The van der Waals surface area contributed by atoms with Crippen LogP contribution >= 0.6 is 0 Å². The summed E-state index contributed by atoms with van der Waals surface area (Å²) in [6, 6.07) is 7.77. The first-order chi connectivity index (χ1) is 7.77. The first-order valence-electron chi connectivity index (χ1n) is 5.79. The highest BCUT2D eigenvalue weighted by Crippen LogP contribution is 2.04. The summed E-state index contributed by atoms with van der Waals surface area (Å²) < 4.78 is 0. The highest BCUT2D eigenvalue weighted by molar-refractivity contribution is 5.94. The number of carbonyl (C=O) groups is 1. The molecule has 0 aliphatic carbocycles. The van der Waals surface area contributed by atoms with Crippen molar-refractivity contribution in [2.45, 2.75) is 19.8 Å². The van der Waals surface area contributed by atoms with Crippen molar-refractivity contribution in [2.24, 2.45) is 0 Å². The standard InChI is InChI=1S/C13H20N2O/c1-3-11-5-7-12(8-6-11)13(16)15-10-4-9-14-2/h5-8,14H,3-4,9-10H2,1-2H3,(H,15,16). The summed E-state index contributed by atoms with van der Waals surface area (Å²) in [5.74, 6) is 0.0127.